The van der Waals surface area contributed by atoms with Crippen molar-refractivity contribution < 1.29 is 19.1 Å². The minimum Gasteiger partial charge on any atom is -0.465 e. The molecule has 1 aliphatic carbocycles. The summed E-state index contributed by atoms with van der Waals surface area (Å²) in [5.41, 5.74) is 0. The molecule has 0 N–H and O–H groups in total. The normalized spacial score (nSPS) is 18.2. The third kappa shape index (κ3) is 15.5. The van der Waals surface area contributed by atoms with Gasteiger partial charge in [0.05, 0.1) is 25.0 Å². The zero-order valence-electron chi connectivity index (χ0n) is 22.1. The Labute approximate surface area is 205 Å². The van der Waals surface area contributed by atoms with Crippen molar-refractivity contribution in [2.24, 2.45) is 11.8 Å². The number of hydrogen-bond acceptors (Lipinski definition) is 4. The second kappa shape index (κ2) is 21.5. The van der Waals surface area contributed by atoms with Gasteiger partial charge in [-0.05, 0) is 25.7 Å². The van der Waals surface area contributed by atoms with Crippen LogP contribution in [0.15, 0.2) is 0 Å². The number of ether oxygens (including phenoxy) is 2. The van der Waals surface area contributed by atoms with Crippen LogP contribution in [0.3, 0.4) is 0 Å². The van der Waals surface area contributed by atoms with Gasteiger partial charge in [-0.25, -0.2) is 0 Å². The fourth-order valence-electron chi connectivity index (χ4n) is 4.90. The van der Waals surface area contributed by atoms with Gasteiger partial charge in [-0.15, -0.1) is 0 Å². The lowest BCUT2D eigenvalue weighted by atomic mass is 9.79. The van der Waals surface area contributed by atoms with Gasteiger partial charge in [0.2, 0.25) is 0 Å². The van der Waals surface area contributed by atoms with Crippen LogP contribution >= 0.6 is 0 Å². The molecular weight excluding hydrogens is 412 g/mol. The summed E-state index contributed by atoms with van der Waals surface area (Å²) in [7, 11) is 0. The van der Waals surface area contributed by atoms with E-state index in [1.807, 2.05) is 0 Å². The largest absolute Gasteiger partial charge is 0.465 e. The van der Waals surface area contributed by atoms with E-state index in [9.17, 15) is 9.59 Å². The van der Waals surface area contributed by atoms with Gasteiger partial charge in [0.25, 0.3) is 0 Å². The van der Waals surface area contributed by atoms with Crippen LogP contribution < -0.4 is 0 Å². The molecule has 1 rings (SSSR count). The summed E-state index contributed by atoms with van der Waals surface area (Å²) in [6.07, 6.45) is 24.6. The summed E-state index contributed by atoms with van der Waals surface area (Å²) in [6, 6.07) is 0. The maximum atomic E-state index is 12.6. The smallest absolute Gasteiger partial charge is 0.309 e. The van der Waals surface area contributed by atoms with Gasteiger partial charge < -0.3 is 9.47 Å². The molecule has 2 atom stereocenters. The van der Waals surface area contributed by atoms with E-state index in [0.29, 0.717) is 13.2 Å². The molecule has 0 bridgehead atoms. The molecule has 1 aliphatic rings. The van der Waals surface area contributed by atoms with Crippen LogP contribution in [0, 0.1) is 11.8 Å². The monoisotopic (exact) mass is 466 g/mol. The van der Waals surface area contributed by atoms with Gasteiger partial charge in [-0.1, -0.05) is 123 Å². The molecule has 0 radical (unpaired) electrons. The van der Waals surface area contributed by atoms with Crippen molar-refractivity contribution in [1.29, 1.82) is 0 Å². The molecule has 0 spiro atoms. The van der Waals surface area contributed by atoms with Crippen LogP contribution in [0.25, 0.3) is 0 Å². The van der Waals surface area contributed by atoms with Gasteiger partial charge in [0.1, 0.15) is 0 Å². The highest BCUT2D eigenvalue weighted by Gasteiger charge is 2.37. The fraction of sp³-hybridized carbons (Fsp3) is 0.931. The second-order valence-electron chi connectivity index (χ2n) is 10.1. The van der Waals surface area contributed by atoms with Crippen molar-refractivity contribution in [3.05, 3.63) is 0 Å². The number of esters is 2. The number of unbranched alkanes of at least 4 members (excludes halogenated alkanes) is 15. The zero-order valence-corrected chi connectivity index (χ0v) is 22.1. The molecule has 0 aromatic carbocycles. The Kier molecular flexibility index (Phi) is 19.5. The van der Waals surface area contributed by atoms with Crippen LogP contribution in [-0.2, 0) is 19.1 Å². The maximum absolute atomic E-state index is 12.6. The molecule has 1 fully saturated rings. The predicted molar refractivity (Wildman–Crippen MR) is 137 cm³/mol. The Hall–Kier alpha value is -1.06. The molecule has 33 heavy (non-hydrogen) atoms. The van der Waals surface area contributed by atoms with E-state index in [1.54, 1.807) is 0 Å². The molecular formula is C29H54O4. The van der Waals surface area contributed by atoms with E-state index in [4.69, 9.17) is 9.47 Å². The Balaban J connectivity index is 2.13. The van der Waals surface area contributed by atoms with Crippen molar-refractivity contribution >= 4 is 11.9 Å². The number of carbonyl (C=O) groups excluding carboxylic acids is 2. The first-order valence-corrected chi connectivity index (χ1v) is 14.5. The Morgan fingerprint density at radius 2 is 0.818 bits per heavy atom. The second-order valence-corrected chi connectivity index (χ2v) is 10.1. The molecule has 0 heterocycles. The molecule has 0 aliphatic heterocycles. The van der Waals surface area contributed by atoms with Gasteiger partial charge >= 0.3 is 11.9 Å². The predicted octanol–water partition coefficient (Wildman–Crippen LogP) is 8.55. The van der Waals surface area contributed by atoms with E-state index in [1.165, 1.54) is 83.5 Å². The first kappa shape index (κ1) is 30.0. The Bertz CT molecular complexity index is 476. The van der Waals surface area contributed by atoms with Crippen molar-refractivity contribution in [3.63, 3.8) is 0 Å². The van der Waals surface area contributed by atoms with Crippen molar-refractivity contribution in [3.8, 4) is 0 Å². The average molecular weight is 467 g/mol. The van der Waals surface area contributed by atoms with Crippen molar-refractivity contribution in [2.45, 2.75) is 149 Å². The van der Waals surface area contributed by atoms with Crippen molar-refractivity contribution in [1.82, 2.24) is 0 Å². The van der Waals surface area contributed by atoms with Crippen LogP contribution in [0.4, 0.5) is 0 Å². The average Bonchev–Trinajstić information content (AvgIpc) is 2.84. The Morgan fingerprint density at radius 1 is 0.515 bits per heavy atom. The molecule has 0 amide bonds. The molecule has 0 aromatic rings. The minimum atomic E-state index is -0.302. The van der Waals surface area contributed by atoms with Gasteiger partial charge in [0.15, 0.2) is 0 Å². The molecule has 194 valence electrons. The summed E-state index contributed by atoms with van der Waals surface area (Å²) in [4.78, 5) is 25.3. The van der Waals surface area contributed by atoms with E-state index in [-0.39, 0.29) is 23.8 Å². The minimum absolute atomic E-state index is 0.178. The van der Waals surface area contributed by atoms with E-state index in [0.717, 1.165) is 51.4 Å². The highest BCUT2D eigenvalue weighted by molar-refractivity contribution is 5.82. The van der Waals surface area contributed by atoms with Crippen molar-refractivity contribution in [2.75, 3.05) is 13.2 Å². The van der Waals surface area contributed by atoms with E-state index in [2.05, 4.69) is 13.8 Å². The summed E-state index contributed by atoms with van der Waals surface area (Å²) < 4.78 is 11.1. The maximum Gasteiger partial charge on any atom is 0.309 e. The highest BCUT2D eigenvalue weighted by atomic mass is 16.5. The molecule has 1 saturated carbocycles. The van der Waals surface area contributed by atoms with Crippen LogP contribution in [0.2, 0.25) is 0 Å². The van der Waals surface area contributed by atoms with E-state index >= 15 is 0 Å². The molecule has 2 unspecified atom stereocenters. The third-order valence-electron chi connectivity index (χ3n) is 7.11. The molecule has 0 aromatic heterocycles. The highest BCUT2D eigenvalue weighted by Crippen LogP contribution is 2.32. The molecule has 4 nitrogen and oxygen atoms in total. The van der Waals surface area contributed by atoms with Crippen LogP contribution in [-0.4, -0.2) is 25.2 Å². The standard InChI is InChI=1S/C29H54O4/c1-3-5-7-9-11-13-15-17-21-25-33-29(31)27-23-19-18-22-26(27)28(30)32-24-20-16-14-12-10-8-6-4-2/h26-27H,3-25H2,1-2H3. The zero-order chi connectivity index (χ0) is 24.0. The van der Waals surface area contributed by atoms with Gasteiger partial charge in [-0.3, -0.25) is 9.59 Å². The van der Waals surface area contributed by atoms with Gasteiger partial charge in [-0.2, -0.15) is 0 Å². The first-order chi connectivity index (χ1) is 16.2. The lowest BCUT2D eigenvalue weighted by Crippen LogP contribution is -2.35. The summed E-state index contributed by atoms with van der Waals surface area (Å²) >= 11 is 0. The topological polar surface area (TPSA) is 52.6 Å². The summed E-state index contributed by atoms with van der Waals surface area (Å²) in [6.45, 7) is 5.47. The van der Waals surface area contributed by atoms with Crippen LogP contribution in [0.1, 0.15) is 149 Å². The van der Waals surface area contributed by atoms with Gasteiger partial charge in [0, 0.05) is 0 Å². The first-order valence-electron chi connectivity index (χ1n) is 14.5. The summed E-state index contributed by atoms with van der Waals surface area (Å²) in [5, 5.41) is 0. The lowest BCUT2D eigenvalue weighted by Gasteiger charge is -2.28. The SMILES string of the molecule is CCCCCCCCCCCOC(=O)C1CCCCC1C(=O)OCCCCCCCCCC. The van der Waals surface area contributed by atoms with Crippen LogP contribution in [0.5, 0.6) is 0 Å². The number of hydrogen-bond donors (Lipinski definition) is 0. The quantitative estimate of drug-likeness (QED) is 0.126. The molecule has 0 saturated heterocycles. The summed E-state index contributed by atoms with van der Waals surface area (Å²) in [5.74, 6) is -0.960. The van der Waals surface area contributed by atoms with E-state index < -0.39 is 0 Å². The Morgan fingerprint density at radius 3 is 1.15 bits per heavy atom. The number of carbonyl (C=O) groups is 2. The molecule has 4 heteroatoms. The number of rotatable bonds is 21. The fourth-order valence-corrected chi connectivity index (χ4v) is 4.90. The lowest BCUT2D eigenvalue weighted by molar-refractivity contribution is -0.163. The third-order valence-corrected chi connectivity index (χ3v) is 7.11.